The molecule has 20 heavy (non-hydrogen) atoms. The number of rotatable bonds is 3. The summed E-state index contributed by atoms with van der Waals surface area (Å²) in [5, 5.41) is 3.29. The van der Waals surface area contributed by atoms with Crippen molar-refractivity contribution in [2.24, 2.45) is 10.7 Å². The van der Waals surface area contributed by atoms with Crippen molar-refractivity contribution >= 4 is 11.6 Å². The third kappa shape index (κ3) is 2.92. The number of hydrogen-bond acceptors (Lipinski definition) is 2. The second-order valence-electron chi connectivity index (χ2n) is 5.53. The molecule has 1 saturated carbocycles. The molecule has 3 rings (SSSR count). The van der Waals surface area contributed by atoms with E-state index in [4.69, 9.17) is 5.73 Å². The van der Waals surface area contributed by atoms with Crippen molar-refractivity contribution in [2.75, 3.05) is 0 Å². The van der Waals surface area contributed by atoms with Crippen LogP contribution < -0.4 is 11.1 Å². The molecule has 0 atom stereocenters. The van der Waals surface area contributed by atoms with E-state index in [1.54, 1.807) is 0 Å². The van der Waals surface area contributed by atoms with Gasteiger partial charge in [0.05, 0.1) is 12.2 Å². The van der Waals surface area contributed by atoms with E-state index in [2.05, 4.69) is 34.5 Å². The molecule has 0 bridgehead atoms. The van der Waals surface area contributed by atoms with E-state index < -0.39 is 0 Å². The van der Waals surface area contributed by atoms with Crippen LogP contribution in [0.4, 0.5) is 0 Å². The van der Waals surface area contributed by atoms with Crippen LogP contribution >= 0.6 is 0 Å². The van der Waals surface area contributed by atoms with Crippen LogP contribution in [0.5, 0.6) is 0 Å². The molecule has 0 aliphatic heterocycles. The molecule has 2 aromatic heterocycles. The Labute approximate surface area is 118 Å². The first-order valence-corrected chi connectivity index (χ1v) is 7.21. The molecule has 0 aromatic carbocycles. The highest BCUT2D eigenvalue weighted by molar-refractivity contribution is 5.78. The van der Waals surface area contributed by atoms with E-state index in [-0.39, 0.29) is 0 Å². The van der Waals surface area contributed by atoms with Crippen LogP contribution in [0.25, 0.3) is 5.65 Å². The zero-order valence-electron chi connectivity index (χ0n) is 11.8. The van der Waals surface area contributed by atoms with Gasteiger partial charge >= 0.3 is 0 Å². The van der Waals surface area contributed by atoms with Crippen molar-refractivity contribution in [1.29, 1.82) is 0 Å². The smallest absolute Gasteiger partial charge is 0.189 e. The van der Waals surface area contributed by atoms with E-state index in [9.17, 15) is 0 Å². The molecule has 2 aromatic rings. The number of nitrogens with zero attached hydrogens (tertiary/aromatic N) is 3. The van der Waals surface area contributed by atoms with Crippen LogP contribution in [-0.2, 0) is 6.54 Å². The Bertz CT molecular complexity index is 622. The number of fused-ring (bicyclic) bond motifs is 1. The Kier molecular flexibility index (Phi) is 3.58. The summed E-state index contributed by atoms with van der Waals surface area (Å²) in [4.78, 5) is 8.91. The molecule has 2 heterocycles. The Morgan fingerprint density at radius 1 is 1.40 bits per heavy atom. The molecule has 1 fully saturated rings. The predicted octanol–water partition coefficient (Wildman–Crippen LogP) is 1.99. The van der Waals surface area contributed by atoms with Gasteiger partial charge in [0.1, 0.15) is 5.65 Å². The number of guanidine groups is 1. The van der Waals surface area contributed by atoms with Crippen LogP contribution in [0, 0.1) is 6.92 Å². The maximum atomic E-state index is 5.92. The minimum atomic E-state index is 0.502. The van der Waals surface area contributed by atoms with E-state index in [1.165, 1.54) is 31.2 Å². The molecule has 0 saturated heterocycles. The normalized spacial score (nSPS) is 16.9. The summed E-state index contributed by atoms with van der Waals surface area (Å²) >= 11 is 0. The van der Waals surface area contributed by atoms with Crippen molar-refractivity contribution in [3.8, 4) is 0 Å². The number of aliphatic imine (C=N–C) groups is 1. The van der Waals surface area contributed by atoms with E-state index >= 15 is 0 Å². The number of aromatic nitrogens is 2. The third-order valence-corrected chi connectivity index (χ3v) is 3.77. The number of imidazole rings is 1. The van der Waals surface area contributed by atoms with Gasteiger partial charge in [-0.3, -0.25) is 0 Å². The van der Waals surface area contributed by atoms with Gasteiger partial charge in [0.25, 0.3) is 0 Å². The van der Waals surface area contributed by atoms with Gasteiger partial charge in [-0.15, -0.1) is 0 Å². The van der Waals surface area contributed by atoms with Crippen molar-refractivity contribution < 1.29 is 0 Å². The quantitative estimate of drug-likeness (QED) is 0.662. The van der Waals surface area contributed by atoms with E-state index in [1.807, 2.05) is 16.7 Å². The fourth-order valence-electron chi connectivity index (χ4n) is 2.72. The molecule has 5 nitrogen and oxygen atoms in total. The van der Waals surface area contributed by atoms with Gasteiger partial charge in [0.2, 0.25) is 0 Å². The third-order valence-electron chi connectivity index (χ3n) is 3.77. The fraction of sp³-hybridized carbons (Fsp3) is 0.467. The molecular weight excluding hydrogens is 250 g/mol. The molecule has 0 amide bonds. The summed E-state index contributed by atoms with van der Waals surface area (Å²) in [6.07, 6.45) is 9.05. The SMILES string of the molecule is Cc1ccc2nc(CN=C(N)NC3CCCC3)cn2c1. The average molecular weight is 271 g/mol. The van der Waals surface area contributed by atoms with Gasteiger partial charge in [-0.1, -0.05) is 18.9 Å². The van der Waals surface area contributed by atoms with Crippen LogP contribution in [-0.4, -0.2) is 21.4 Å². The zero-order valence-corrected chi connectivity index (χ0v) is 11.8. The van der Waals surface area contributed by atoms with Gasteiger partial charge in [-0.2, -0.15) is 0 Å². The van der Waals surface area contributed by atoms with Crippen LogP contribution in [0.3, 0.4) is 0 Å². The molecule has 0 radical (unpaired) electrons. The first-order chi connectivity index (χ1) is 9.70. The molecule has 3 N–H and O–H groups in total. The topological polar surface area (TPSA) is 67.7 Å². The number of nitrogens with two attached hydrogens (primary N) is 1. The number of nitrogens with one attached hydrogen (secondary N) is 1. The monoisotopic (exact) mass is 271 g/mol. The molecule has 1 aliphatic rings. The standard InChI is InChI=1S/C15H21N5/c1-11-6-7-14-18-13(10-20(14)9-11)8-17-15(16)19-12-4-2-3-5-12/h6-7,9-10,12H,2-5,8H2,1H3,(H3,16,17,19). The highest BCUT2D eigenvalue weighted by atomic mass is 15.1. The van der Waals surface area contributed by atoms with Crippen molar-refractivity contribution in [3.05, 3.63) is 35.8 Å². The summed E-state index contributed by atoms with van der Waals surface area (Å²) in [5.74, 6) is 0.533. The van der Waals surface area contributed by atoms with Crippen molar-refractivity contribution in [1.82, 2.24) is 14.7 Å². The Hall–Kier alpha value is -2.04. The lowest BCUT2D eigenvalue weighted by Crippen LogP contribution is -2.38. The lowest BCUT2D eigenvalue weighted by Gasteiger charge is -2.11. The minimum Gasteiger partial charge on any atom is -0.370 e. The van der Waals surface area contributed by atoms with Gasteiger partial charge in [0, 0.05) is 18.4 Å². The van der Waals surface area contributed by atoms with Crippen molar-refractivity contribution in [3.63, 3.8) is 0 Å². The number of hydrogen-bond donors (Lipinski definition) is 2. The maximum absolute atomic E-state index is 5.92. The van der Waals surface area contributed by atoms with E-state index in [0.29, 0.717) is 18.5 Å². The predicted molar refractivity (Wildman–Crippen MR) is 80.6 cm³/mol. The Morgan fingerprint density at radius 2 is 2.20 bits per heavy atom. The van der Waals surface area contributed by atoms with Crippen LogP contribution in [0.2, 0.25) is 0 Å². The summed E-state index contributed by atoms with van der Waals surface area (Å²) < 4.78 is 2.03. The van der Waals surface area contributed by atoms with Gasteiger partial charge < -0.3 is 15.5 Å². The molecule has 0 unspecified atom stereocenters. The first-order valence-electron chi connectivity index (χ1n) is 7.21. The van der Waals surface area contributed by atoms with Gasteiger partial charge in [-0.25, -0.2) is 9.98 Å². The van der Waals surface area contributed by atoms with Gasteiger partial charge in [-0.05, 0) is 31.4 Å². The molecule has 1 aliphatic carbocycles. The highest BCUT2D eigenvalue weighted by Gasteiger charge is 2.14. The fourth-order valence-corrected chi connectivity index (χ4v) is 2.72. The molecular formula is C15H21N5. The maximum Gasteiger partial charge on any atom is 0.189 e. The number of aryl methyl sites for hydroxylation is 1. The Balaban J connectivity index is 1.66. The second kappa shape index (κ2) is 5.53. The summed E-state index contributed by atoms with van der Waals surface area (Å²) in [7, 11) is 0. The Morgan fingerprint density at radius 3 is 3.00 bits per heavy atom. The lowest BCUT2D eigenvalue weighted by atomic mass is 10.2. The molecule has 106 valence electrons. The highest BCUT2D eigenvalue weighted by Crippen LogP contribution is 2.17. The van der Waals surface area contributed by atoms with Gasteiger partial charge in [0.15, 0.2) is 5.96 Å². The first kappa shape index (κ1) is 13.0. The largest absolute Gasteiger partial charge is 0.370 e. The van der Waals surface area contributed by atoms with Crippen molar-refractivity contribution in [2.45, 2.75) is 45.2 Å². The van der Waals surface area contributed by atoms with E-state index in [0.717, 1.165) is 11.3 Å². The molecule has 0 spiro atoms. The average Bonchev–Trinajstić information content (AvgIpc) is 3.04. The summed E-state index contributed by atoms with van der Waals surface area (Å²) in [6, 6.07) is 4.58. The number of pyridine rings is 1. The minimum absolute atomic E-state index is 0.502. The zero-order chi connectivity index (χ0) is 13.9. The van der Waals surface area contributed by atoms with Crippen LogP contribution in [0.15, 0.2) is 29.5 Å². The molecule has 5 heteroatoms. The lowest BCUT2D eigenvalue weighted by molar-refractivity contribution is 0.625. The summed E-state index contributed by atoms with van der Waals surface area (Å²) in [5.41, 5.74) is 9.02. The van der Waals surface area contributed by atoms with Crippen LogP contribution in [0.1, 0.15) is 36.9 Å². The second-order valence-corrected chi connectivity index (χ2v) is 5.53. The summed E-state index contributed by atoms with van der Waals surface area (Å²) in [6.45, 7) is 2.59.